The molecule has 0 fully saturated rings. The van der Waals surface area contributed by atoms with Crippen molar-refractivity contribution in [2.45, 2.75) is 0 Å². The Morgan fingerprint density at radius 2 is 2.14 bits per heavy atom. The van der Waals surface area contributed by atoms with Gasteiger partial charge in [0.2, 0.25) is 10.0 Å². The predicted molar refractivity (Wildman–Crippen MR) is 28.2 cm³/mol. The summed E-state index contributed by atoms with van der Waals surface area (Å²) < 4.78 is 22.3. The van der Waals surface area contributed by atoms with E-state index in [1.165, 1.54) is 7.05 Å². The molecule has 0 amide bonds. The summed E-state index contributed by atoms with van der Waals surface area (Å²) >= 11 is 0. The Labute approximate surface area is 43.1 Å². The van der Waals surface area contributed by atoms with Gasteiger partial charge in [-0.25, -0.2) is 13.1 Å². The molecule has 4 heteroatoms. The maximum Gasteiger partial charge on any atom is 0.232 e. The molecule has 42 valence electrons. The normalized spacial score (nSPS) is 11.0. The van der Waals surface area contributed by atoms with Gasteiger partial charge in [0, 0.05) is 5.41 Å². The fourth-order valence-electron chi connectivity index (χ4n) is 0.0833. The Kier molecular flexibility index (Phi) is 1.98. The fraction of sp³-hybridized carbons (Fsp3) is 0.333. The molecule has 0 bridgehead atoms. The molecule has 0 aromatic carbocycles. The van der Waals surface area contributed by atoms with E-state index >= 15 is 0 Å². The van der Waals surface area contributed by atoms with E-state index in [9.17, 15) is 8.42 Å². The Balaban J connectivity index is 4.17. The van der Waals surface area contributed by atoms with Crippen molar-refractivity contribution in [2.75, 3.05) is 7.05 Å². The number of sulfonamides is 1. The lowest BCUT2D eigenvalue weighted by molar-refractivity contribution is 0.597. The van der Waals surface area contributed by atoms with Gasteiger partial charge in [0.25, 0.3) is 0 Å². The van der Waals surface area contributed by atoms with E-state index in [2.05, 4.69) is 6.58 Å². The molecule has 0 rings (SSSR count). The van der Waals surface area contributed by atoms with Crippen LogP contribution in [0.1, 0.15) is 0 Å². The molecule has 0 unspecified atom stereocenters. The second-order valence-electron chi connectivity index (χ2n) is 0.916. The molecular weight excluding hydrogens is 114 g/mol. The topological polar surface area (TPSA) is 46.2 Å². The Hall–Kier alpha value is -0.350. The Morgan fingerprint density at radius 1 is 1.71 bits per heavy atom. The van der Waals surface area contributed by atoms with E-state index in [1.54, 1.807) is 0 Å². The Morgan fingerprint density at radius 3 is 2.14 bits per heavy atom. The van der Waals surface area contributed by atoms with Crippen molar-refractivity contribution in [3.63, 3.8) is 0 Å². The highest BCUT2D eigenvalue weighted by atomic mass is 32.2. The highest BCUT2D eigenvalue weighted by molar-refractivity contribution is 7.92. The van der Waals surface area contributed by atoms with Gasteiger partial charge in [0.15, 0.2) is 0 Å². The van der Waals surface area contributed by atoms with Gasteiger partial charge < -0.3 is 0 Å². The average Bonchev–Trinajstić information content (AvgIpc) is 1.68. The highest BCUT2D eigenvalue weighted by Gasteiger charge is 1.93. The maximum atomic E-state index is 10.1. The van der Waals surface area contributed by atoms with E-state index in [4.69, 9.17) is 0 Å². The quantitative estimate of drug-likeness (QED) is 0.544. The first kappa shape index (κ1) is 6.65. The smallest absolute Gasteiger partial charge is 0.215 e. The average molecular weight is 121 g/mol. The van der Waals surface area contributed by atoms with Crippen LogP contribution in [0.2, 0.25) is 0 Å². The van der Waals surface area contributed by atoms with Gasteiger partial charge in [-0.1, -0.05) is 6.58 Å². The van der Waals surface area contributed by atoms with Crippen LogP contribution in [0, 0.1) is 0 Å². The first-order chi connectivity index (χ1) is 3.12. The fourth-order valence-corrected chi connectivity index (χ4v) is 0.250. The SMILES string of the molecule is C=CS(=O)(=O)NC. The molecule has 3 nitrogen and oxygen atoms in total. The summed E-state index contributed by atoms with van der Waals surface area (Å²) in [5.41, 5.74) is 0. The number of rotatable bonds is 2. The lowest BCUT2D eigenvalue weighted by atomic mass is 11.3. The number of hydrogen-bond acceptors (Lipinski definition) is 2. The maximum absolute atomic E-state index is 10.1. The predicted octanol–water partition coefficient (Wildman–Crippen LogP) is -0.321. The zero-order valence-corrected chi connectivity index (χ0v) is 4.83. The molecule has 0 aliphatic carbocycles. The van der Waals surface area contributed by atoms with E-state index in [0.29, 0.717) is 0 Å². The van der Waals surface area contributed by atoms with Gasteiger partial charge in [-0.15, -0.1) is 0 Å². The summed E-state index contributed by atoms with van der Waals surface area (Å²) in [6.07, 6.45) is 0. The lowest BCUT2D eigenvalue weighted by Crippen LogP contribution is -2.14. The van der Waals surface area contributed by atoms with Gasteiger partial charge in [0.05, 0.1) is 0 Å². The third-order valence-corrected chi connectivity index (χ3v) is 1.51. The van der Waals surface area contributed by atoms with Crippen LogP contribution in [0.4, 0.5) is 0 Å². The summed E-state index contributed by atoms with van der Waals surface area (Å²) in [6, 6.07) is 0. The van der Waals surface area contributed by atoms with E-state index in [0.717, 1.165) is 5.41 Å². The molecule has 0 saturated heterocycles. The largest absolute Gasteiger partial charge is 0.232 e. The molecule has 0 saturated carbocycles. The standard InChI is InChI=1S/C3H7NO2S/c1-3-7(5,6)4-2/h3-4H,1H2,2H3. The summed E-state index contributed by atoms with van der Waals surface area (Å²) in [6.45, 7) is 3.05. The third-order valence-electron chi connectivity index (χ3n) is 0.504. The van der Waals surface area contributed by atoms with Crippen molar-refractivity contribution in [3.8, 4) is 0 Å². The molecule has 0 aliphatic heterocycles. The van der Waals surface area contributed by atoms with Crippen LogP contribution in [0.5, 0.6) is 0 Å². The molecule has 0 radical (unpaired) electrons. The van der Waals surface area contributed by atoms with Crippen molar-refractivity contribution in [1.82, 2.24) is 4.72 Å². The third kappa shape index (κ3) is 2.36. The number of hydrogen-bond donors (Lipinski definition) is 1. The molecule has 0 spiro atoms. The van der Waals surface area contributed by atoms with Crippen LogP contribution in [0.25, 0.3) is 0 Å². The first-order valence-electron chi connectivity index (χ1n) is 1.68. The van der Waals surface area contributed by atoms with E-state index < -0.39 is 10.0 Å². The van der Waals surface area contributed by atoms with Crippen LogP contribution in [-0.4, -0.2) is 15.5 Å². The second-order valence-corrected chi connectivity index (χ2v) is 2.75. The molecule has 0 aromatic rings. The molecule has 0 aliphatic rings. The minimum absolute atomic E-state index is 0.854. The molecule has 1 N–H and O–H groups in total. The van der Waals surface area contributed by atoms with Crippen LogP contribution in [-0.2, 0) is 10.0 Å². The summed E-state index contributed by atoms with van der Waals surface area (Å²) in [5.74, 6) is 0. The van der Waals surface area contributed by atoms with Crippen molar-refractivity contribution < 1.29 is 8.42 Å². The summed E-state index contributed by atoms with van der Waals surface area (Å²) in [4.78, 5) is 0. The van der Waals surface area contributed by atoms with Gasteiger partial charge in [-0.3, -0.25) is 0 Å². The second kappa shape index (κ2) is 2.09. The minimum atomic E-state index is -3.14. The summed E-state index contributed by atoms with van der Waals surface area (Å²) in [5, 5.41) is 0.854. The van der Waals surface area contributed by atoms with Crippen molar-refractivity contribution >= 4 is 10.0 Å². The van der Waals surface area contributed by atoms with Gasteiger partial charge >= 0.3 is 0 Å². The van der Waals surface area contributed by atoms with Gasteiger partial charge in [0.1, 0.15) is 0 Å². The van der Waals surface area contributed by atoms with Crippen molar-refractivity contribution in [3.05, 3.63) is 12.0 Å². The van der Waals surface area contributed by atoms with E-state index in [-0.39, 0.29) is 0 Å². The van der Waals surface area contributed by atoms with Crippen LogP contribution < -0.4 is 4.72 Å². The van der Waals surface area contributed by atoms with Gasteiger partial charge in [-0.05, 0) is 7.05 Å². The van der Waals surface area contributed by atoms with Crippen LogP contribution >= 0.6 is 0 Å². The molecule has 7 heavy (non-hydrogen) atoms. The monoisotopic (exact) mass is 121 g/mol. The molecule has 0 atom stereocenters. The first-order valence-corrected chi connectivity index (χ1v) is 3.23. The van der Waals surface area contributed by atoms with Gasteiger partial charge in [-0.2, -0.15) is 0 Å². The summed E-state index contributed by atoms with van der Waals surface area (Å²) in [7, 11) is -1.81. The minimum Gasteiger partial charge on any atom is -0.215 e. The highest BCUT2D eigenvalue weighted by Crippen LogP contribution is 1.76. The van der Waals surface area contributed by atoms with Crippen LogP contribution in [0.3, 0.4) is 0 Å². The zero-order valence-electron chi connectivity index (χ0n) is 4.01. The Bertz CT molecular complexity index is 146. The molecule has 0 aromatic heterocycles. The number of nitrogens with one attached hydrogen (secondary N) is 1. The van der Waals surface area contributed by atoms with E-state index in [1.807, 2.05) is 4.72 Å². The molecular formula is C3H7NO2S. The van der Waals surface area contributed by atoms with Crippen molar-refractivity contribution in [2.24, 2.45) is 0 Å². The zero-order chi connectivity index (χ0) is 5.91. The molecule has 0 heterocycles. The van der Waals surface area contributed by atoms with Crippen molar-refractivity contribution in [1.29, 1.82) is 0 Å². The lowest BCUT2D eigenvalue weighted by Gasteiger charge is -1.87. The van der Waals surface area contributed by atoms with Crippen LogP contribution in [0.15, 0.2) is 12.0 Å².